The number of nitrogens with two attached hydrogens (primary N) is 1. The van der Waals surface area contributed by atoms with E-state index in [1.165, 1.54) is 6.07 Å². The molecule has 5 heteroatoms. The van der Waals surface area contributed by atoms with Crippen molar-refractivity contribution >= 4 is 18.3 Å². The van der Waals surface area contributed by atoms with Crippen LogP contribution in [0.3, 0.4) is 0 Å². The van der Waals surface area contributed by atoms with Gasteiger partial charge in [-0.2, -0.15) is 0 Å². The highest BCUT2D eigenvalue weighted by Gasteiger charge is 2.32. The molecule has 1 aliphatic carbocycles. The molecule has 1 aromatic rings. The molecule has 0 bridgehead atoms. The normalized spacial score (nSPS) is 13.8. The third-order valence-corrected chi connectivity index (χ3v) is 3.20. The molecular formula is C14H20ClFN2O. The van der Waals surface area contributed by atoms with Crippen LogP contribution in [-0.4, -0.2) is 23.4 Å². The van der Waals surface area contributed by atoms with Gasteiger partial charge in [0.2, 0.25) is 5.91 Å². The zero-order valence-electron chi connectivity index (χ0n) is 10.8. The van der Waals surface area contributed by atoms with Gasteiger partial charge in [-0.25, -0.2) is 4.39 Å². The van der Waals surface area contributed by atoms with Crippen molar-refractivity contribution in [3.8, 4) is 0 Å². The van der Waals surface area contributed by atoms with Gasteiger partial charge >= 0.3 is 0 Å². The molecule has 0 heterocycles. The van der Waals surface area contributed by atoms with Crippen LogP contribution in [0, 0.1) is 5.82 Å². The third kappa shape index (κ3) is 4.48. The Kier molecular flexibility index (Phi) is 6.25. The van der Waals surface area contributed by atoms with Crippen LogP contribution >= 0.6 is 12.4 Å². The fraction of sp³-hybridized carbons (Fsp3) is 0.500. The van der Waals surface area contributed by atoms with Gasteiger partial charge in [0.15, 0.2) is 0 Å². The quantitative estimate of drug-likeness (QED) is 0.873. The molecule has 3 nitrogen and oxygen atoms in total. The van der Waals surface area contributed by atoms with Gasteiger partial charge in [0.05, 0.1) is 0 Å². The smallest absolute Gasteiger partial charge is 0.223 e. The maximum atomic E-state index is 13.6. The number of hydrogen-bond acceptors (Lipinski definition) is 2. The van der Waals surface area contributed by atoms with Crippen molar-refractivity contribution in [1.82, 2.24) is 4.90 Å². The molecule has 0 atom stereocenters. The van der Waals surface area contributed by atoms with Crippen molar-refractivity contribution < 1.29 is 9.18 Å². The first-order chi connectivity index (χ1) is 8.72. The Morgan fingerprint density at radius 1 is 1.37 bits per heavy atom. The van der Waals surface area contributed by atoms with Crippen LogP contribution in [0.5, 0.6) is 0 Å². The molecule has 2 N–H and O–H groups in total. The lowest BCUT2D eigenvalue weighted by atomic mass is 10.2. The monoisotopic (exact) mass is 286 g/mol. The first kappa shape index (κ1) is 15.9. The van der Waals surface area contributed by atoms with Gasteiger partial charge in [0.1, 0.15) is 5.82 Å². The van der Waals surface area contributed by atoms with Gasteiger partial charge in [-0.3, -0.25) is 4.79 Å². The van der Waals surface area contributed by atoms with Crippen LogP contribution < -0.4 is 5.73 Å². The van der Waals surface area contributed by atoms with Crippen molar-refractivity contribution in [2.24, 2.45) is 5.73 Å². The molecule has 0 unspecified atom stereocenters. The number of halogens is 2. The van der Waals surface area contributed by atoms with Crippen LogP contribution in [0.15, 0.2) is 24.3 Å². The van der Waals surface area contributed by atoms with Crippen LogP contribution in [-0.2, 0) is 11.3 Å². The topological polar surface area (TPSA) is 46.3 Å². The molecule has 106 valence electrons. The maximum Gasteiger partial charge on any atom is 0.223 e. The number of carbonyl (C=O) groups is 1. The predicted octanol–water partition coefficient (Wildman–Crippen LogP) is 2.48. The molecule has 1 aromatic carbocycles. The summed E-state index contributed by atoms with van der Waals surface area (Å²) in [5, 5.41) is 0. The predicted molar refractivity (Wildman–Crippen MR) is 75.5 cm³/mol. The molecule has 0 radical (unpaired) electrons. The second-order valence-electron chi connectivity index (χ2n) is 4.74. The second-order valence-corrected chi connectivity index (χ2v) is 4.74. The standard InChI is InChI=1S/C14H19FN2O.ClH/c15-13-5-2-1-4-11(13)10-17(12-7-8-12)14(18)6-3-9-16;/h1-2,4-5,12H,3,6-10,16H2;1H. The Bertz CT molecular complexity index is 424. The minimum atomic E-state index is -0.241. The molecular weight excluding hydrogens is 267 g/mol. The van der Waals surface area contributed by atoms with E-state index < -0.39 is 0 Å². The number of nitrogens with zero attached hydrogens (tertiary/aromatic N) is 1. The van der Waals surface area contributed by atoms with Gasteiger partial charge in [0.25, 0.3) is 0 Å². The van der Waals surface area contributed by atoms with E-state index in [9.17, 15) is 9.18 Å². The first-order valence-electron chi connectivity index (χ1n) is 6.45. The summed E-state index contributed by atoms with van der Waals surface area (Å²) in [5.74, 6) is -0.152. The van der Waals surface area contributed by atoms with E-state index in [1.807, 2.05) is 0 Å². The van der Waals surface area contributed by atoms with E-state index in [-0.39, 0.29) is 24.1 Å². The summed E-state index contributed by atoms with van der Waals surface area (Å²) in [6, 6.07) is 6.94. The molecule has 0 spiro atoms. The maximum absolute atomic E-state index is 13.6. The fourth-order valence-electron chi connectivity index (χ4n) is 2.01. The summed E-state index contributed by atoms with van der Waals surface area (Å²) >= 11 is 0. The second kappa shape index (κ2) is 7.46. The molecule has 19 heavy (non-hydrogen) atoms. The van der Waals surface area contributed by atoms with Crippen molar-refractivity contribution in [2.75, 3.05) is 6.54 Å². The molecule has 1 saturated carbocycles. The van der Waals surface area contributed by atoms with Crippen LogP contribution in [0.4, 0.5) is 4.39 Å². The number of hydrogen-bond donors (Lipinski definition) is 1. The van der Waals surface area contributed by atoms with Crippen molar-refractivity contribution in [3.63, 3.8) is 0 Å². The molecule has 0 aromatic heterocycles. The number of carbonyl (C=O) groups excluding carboxylic acids is 1. The highest BCUT2D eigenvalue weighted by atomic mass is 35.5. The van der Waals surface area contributed by atoms with Gasteiger partial charge in [-0.15, -0.1) is 12.4 Å². The van der Waals surface area contributed by atoms with E-state index in [4.69, 9.17) is 5.73 Å². The first-order valence-corrected chi connectivity index (χ1v) is 6.45. The van der Waals surface area contributed by atoms with Gasteiger partial charge in [0, 0.05) is 24.6 Å². The number of amides is 1. The lowest BCUT2D eigenvalue weighted by molar-refractivity contribution is -0.132. The minimum Gasteiger partial charge on any atom is -0.335 e. The van der Waals surface area contributed by atoms with Crippen molar-refractivity contribution in [3.05, 3.63) is 35.6 Å². The summed E-state index contributed by atoms with van der Waals surface area (Å²) in [6.45, 7) is 0.894. The van der Waals surface area contributed by atoms with E-state index in [0.717, 1.165) is 12.8 Å². The summed E-state index contributed by atoms with van der Waals surface area (Å²) in [5.41, 5.74) is 6.00. The molecule has 2 rings (SSSR count). The molecule has 1 fully saturated rings. The van der Waals surface area contributed by atoms with Gasteiger partial charge in [-0.1, -0.05) is 18.2 Å². The number of rotatable bonds is 6. The minimum absolute atomic E-state index is 0. The summed E-state index contributed by atoms with van der Waals surface area (Å²) in [7, 11) is 0. The average Bonchev–Trinajstić information content (AvgIpc) is 3.19. The Labute approximate surface area is 119 Å². The SMILES string of the molecule is Cl.NCCCC(=O)N(Cc1ccccc1F)C1CC1. The number of benzene rings is 1. The van der Waals surface area contributed by atoms with E-state index >= 15 is 0 Å². The fourth-order valence-corrected chi connectivity index (χ4v) is 2.01. The Morgan fingerprint density at radius 2 is 2.05 bits per heavy atom. The molecule has 0 aliphatic heterocycles. The Hall–Kier alpha value is -1.13. The molecule has 0 saturated heterocycles. The lowest BCUT2D eigenvalue weighted by Crippen LogP contribution is -2.33. The van der Waals surface area contributed by atoms with Crippen LogP contribution in [0.2, 0.25) is 0 Å². The van der Waals surface area contributed by atoms with Gasteiger partial charge in [-0.05, 0) is 31.9 Å². The summed E-state index contributed by atoms with van der Waals surface area (Å²) in [4.78, 5) is 13.8. The Balaban J connectivity index is 0.00000180. The molecule has 1 aliphatic rings. The zero-order chi connectivity index (χ0) is 13.0. The summed E-state index contributed by atoms with van der Waals surface area (Å²) in [6.07, 6.45) is 3.21. The van der Waals surface area contributed by atoms with E-state index in [1.54, 1.807) is 23.1 Å². The van der Waals surface area contributed by atoms with Crippen molar-refractivity contribution in [1.29, 1.82) is 0 Å². The largest absolute Gasteiger partial charge is 0.335 e. The highest BCUT2D eigenvalue weighted by molar-refractivity contribution is 5.85. The summed E-state index contributed by atoms with van der Waals surface area (Å²) < 4.78 is 13.6. The van der Waals surface area contributed by atoms with Crippen molar-refractivity contribution in [2.45, 2.75) is 38.3 Å². The van der Waals surface area contributed by atoms with Crippen LogP contribution in [0.25, 0.3) is 0 Å². The van der Waals surface area contributed by atoms with E-state index in [2.05, 4.69) is 0 Å². The zero-order valence-corrected chi connectivity index (χ0v) is 11.7. The average molecular weight is 287 g/mol. The van der Waals surface area contributed by atoms with Crippen LogP contribution in [0.1, 0.15) is 31.2 Å². The molecule has 1 amide bonds. The Morgan fingerprint density at radius 3 is 2.63 bits per heavy atom. The van der Waals surface area contributed by atoms with E-state index in [0.29, 0.717) is 37.5 Å². The lowest BCUT2D eigenvalue weighted by Gasteiger charge is -2.22. The highest BCUT2D eigenvalue weighted by Crippen LogP contribution is 2.29. The van der Waals surface area contributed by atoms with Gasteiger partial charge < -0.3 is 10.6 Å². The third-order valence-electron chi connectivity index (χ3n) is 3.20.